The summed E-state index contributed by atoms with van der Waals surface area (Å²) < 4.78 is 1.38. The van der Waals surface area contributed by atoms with Crippen LogP contribution in [0.15, 0.2) is 11.0 Å². The summed E-state index contributed by atoms with van der Waals surface area (Å²) in [6.45, 7) is 7.00. The van der Waals surface area contributed by atoms with Crippen molar-refractivity contribution in [3.63, 3.8) is 0 Å². The van der Waals surface area contributed by atoms with Crippen LogP contribution in [0.1, 0.15) is 34.8 Å². The lowest BCUT2D eigenvalue weighted by molar-refractivity contribution is -0.140. The molecule has 2 aromatic rings. The van der Waals surface area contributed by atoms with Gasteiger partial charge >= 0.3 is 5.97 Å². The molecule has 1 atom stereocenters. The fourth-order valence-corrected chi connectivity index (χ4v) is 2.99. The highest BCUT2D eigenvalue weighted by Crippen LogP contribution is 2.18. The lowest BCUT2D eigenvalue weighted by atomic mass is 10.0. The van der Waals surface area contributed by atoms with Crippen molar-refractivity contribution in [2.75, 3.05) is 0 Å². The van der Waals surface area contributed by atoms with Gasteiger partial charge in [0.25, 0.3) is 11.5 Å². The summed E-state index contributed by atoms with van der Waals surface area (Å²) in [6, 6.07) is -1.06. The number of aliphatic carboxylic acids is 1. The zero-order chi connectivity index (χ0) is 16.6. The van der Waals surface area contributed by atoms with Crippen molar-refractivity contribution in [2.45, 2.75) is 33.7 Å². The number of carbonyl (C=O) groups is 2. The molecule has 2 aromatic heterocycles. The van der Waals surface area contributed by atoms with Gasteiger partial charge in [-0.3, -0.25) is 14.0 Å². The number of hydrogen-bond donors (Lipinski definition) is 2. The molecule has 7 nitrogen and oxygen atoms in total. The molecule has 0 aliphatic carbocycles. The third-order valence-electron chi connectivity index (χ3n) is 3.48. The van der Waals surface area contributed by atoms with E-state index in [1.807, 2.05) is 6.92 Å². The highest BCUT2D eigenvalue weighted by atomic mass is 32.1. The van der Waals surface area contributed by atoms with Crippen molar-refractivity contribution in [3.05, 3.63) is 32.7 Å². The Bertz CT molecular complexity index is 806. The highest BCUT2D eigenvalue weighted by Gasteiger charge is 2.26. The van der Waals surface area contributed by atoms with E-state index in [9.17, 15) is 14.4 Å². The van der Waals surface area contributed by atoms with Gasteiger partial charge in [-0.1, -0.05) is 13.8 Å². The van der Waals surface area contributed by atoms with Gasteiger partial charge in [-0.15, -0.1) is 11.3 Å². The van der Waals surface area contributed by atoms with E-state index in [0.29, 0.717) is 4.96 Å². The third-order valence-corrected chi connectivity index (χ3v) is 4.55. The number of nitrogens with one attached hydrogen (secondary N) is 1. The summed E-state index contributed by atoms with van der Waals surface area (Å²) in [6.07, 6.45) is 1.20. The Morgan fingerprint density at radius 2 is 2.00 bits per heavy atom. The minimum Gasteiger partial charge on any atom is -0.480 e. The highest BCUT2D eigenvalue weighted by molar-refractivity contribution is 7.17. The number of thiazole rings is 1. The predicted molar refractivity (Wildman–Crippen MR) is 82.5 cm³/mol. The van der Waals surface area contributed by atoms with Crippen LogP contribution in [-0.2, 0) is 4.79 Å². The first-order chi connectivity index (χ1) is 10.2. The summed E-state index contributed by atoms with van der Waals surface area (Å²) >= 11 is 1.36. The number of hydrogen-bond acceptors (Lipinski definition) is 5. The maximum Gasteiger partial charge on any atom is 0.326 e. The maximum atomic E-state index is 12.4. The number of rotatable bonds is 4. The molecule has 0 unspecified atom stereocenters. The molecule has 0 spiro atoms. The first-order valence-electron chi connectivity index (χ1n) is 6.75. The molecule has 2 N–H and O–H groups in total. The molecular weight excluding hydrogens is 306 g/mol. The van der Waals surface area contributed by atoms with Crippen LogP contribution in [-0.4, -0.2) is 32.4 Å². The minimum atomic E-state index is -1.14. The first kappa shape index (κ1) is 16.2. The number of fused-ring (bicyclic) bond motifs is 1. The Balaban J connectivity index is 2.45. The van der Waals surface area contributed by atoms with Crippen molar-refractivity contribution in [1.29, 1.82) is 0 Å². The standard InChI is InChI=1S/C14H17N3O4S/c1-6(2)10(13(20)21)16-11(18)9-5-15-14-17(12(9)19)7(3)8(4)22-14/h5-6,10H,1-4H3,(H,16,18)(H,20,21)/t10-/m0/s1. The van der Waals surface area contributed by atoms with Gasteiger partial charge in [0.2, 0.25) is 0 Å². The molecule has 1 amide bonds. The molecule has 0 aliphatic rings. The van der Waals surface area contributed by atoms with Gasteiger partial charge in [-0.2, -0.15) is 0 Å². The van der Waals surface area contributed by atoms with Crippen LogP contribution < -0.4 is 10.9 Å². The fraction of sp³-hybridized carbons (Fsp3) is 0.429. The molecule has 2 heterocycles. The van der Waals surface area contributed by atoms with Gasteiger partial charge in [0.05, 0.1) is 0 Å². The topological polar surface area (TPSA) is 101 Å². The number of amides is 1. The minimum absolute atomic E-state index is 0.162. The summed E-state index contributed by atoms with van der Waals surface area (Å²) in [5.41, 5.74) is 0.0772. The lowest BCUT2D eigenvalue weighted by Crippen LogP contribution is -2.45. The number of carboxylic acids is 1. The van der Waals surface area contributed by atoms with Crippen LogP contribution in [0.3, 0.4) is 0 Å². The Morgan fingerprint density at radius 3 is 2.55 bits per heavy atom. The first-order valence-corrected chi connectivity index (χ1v) is 7.57. The van der Waals surface area contributed by atoms with Crippen molar-refractivity contribution < 1.29 is 14.7 Å². The molecule has 0 saturated carbocycles. The largest absolute Gasteiger partial charge is 0.480 e. The van der Waals surface area contributed by atoms with Gasteiger partial charge in [-0.25, -0.2) is 9.78 Å². The van der Waals surface area contributed by atoms with E-state index in [1.165, 1.54) is 21.9 Å². The summed E-state index contributed by atoms with van der Waals surface area (Å²) in [5, 5.41) is 11.5. The molecule has 118 valence electrons. The predicted octanol–water partition coefficient (Wildman–Crippen LogP) is 1.21. The van der Waals surface area contributed by atoms with Crippen LogP contribution in [0.2, 0.25) is 0 Å². The van der Waals surface area contributed by atoms with Crippen LogP contribution >= 0.6 is 11.3 Å². The Kier molecular flexibility index (Phi) is 4.32. The zero-order valence-electron chi connectivity index (χ0n) is 12.7. The number of carboxylic acid groups (broad SMARTS) is 1. The molecule has 0 saturated heterocycles. The van der Waals surface area contributed by atoms with Crippen LogP contribution in [0.5, 0.6) is 0 Å². The summed E-state index contributed by atoms with van der Waals surface area (Å²) in [5.74, 6) is -2.16. The molecule has 8 heteroatoms. The molecule has 0 fully saturated rings. The monoisotopic (exact) mass is 323 g/mol. The molecule has 2 rings (SSSR count). The zero-order valence-corrected chi connectivity index (χ0v) is 13.5. The fourth-order valence-electron chi connectivity index (χ4n) is 2.06. The second-order valence-electron chi connectivity index (χ2n) is 5.37. The lowest BCUT2D eigenvalue weighted by Gasteiger charge is -2.17. The van der Waals surface area contributed by atoms with E-state index in [-0.39, 0.29) is 11.5 Å². The second kappa shape index (κ2) is 5.88. The molecule has 22 heavy (non-hydrogen) atoms. The summed E-state index contributed by atoms with van der Waals surface area (Å²) in [7, 11) is 0. The number of nitrogens with zero attached hydrogens (tertiary/aromatic N) is 2. The van der Waals surface area contributed by atoms with E-state index in [2.05, 4.69) is 10.3 Å². The number of aryl methyl sites for hydroxylation is 2. The molecule has 0 aliphatic heterocycles. The van der Waals surface area contributed by atoms with Gasteiger partial charge in [-0.05, 0) is 19.8 Å². The molecule has 0 bridgehead atoms. The Labute approximate surface area is 130 Å². The molecule has 0 radical (unpaired) electrons. The molecule has 0 aromatic carbocycles. The van der Waals surface area contributed by atoms with E-state index in [4.69, 9.17) is 5.11 Å². The van der Waals surface area contributed by atoms with Crippen molar-refractivity contribution in [1.82, 2.24) is 14.7 Å². The van der Waals surface area contributed by atoms with E-state index < -0.39 is 23.5 Å². The van der Waals surface area contributed by atoms with Crippen molar-refractivity contribution >= 4 is 28.2 Å². The third kappa shape index (κ3) is 2.74. The van der Waals surface area contributed by atoms with E-state index in [1.54, 1.807) is 20.8 Å². The quantitative estimate of drug-likeness (QED) is 0.881. The Morgan fingerprint density at radius 1 is 1.36 bits per heavy atom. The number of carbonyl (C=O) groups excluding carboxylic acids is 1. The van der Waals surface area contributed by atoms with E-state index in [0.717, 1.165) is 10.6 Å². The number of aromatic nitrogens is 2. The van der Waals surface area contributed by atoms with Gasteiger partial charge in [0.1, 0.15) is 11.6 Å². The SMILES string of the molecule is Cc1sc2ncc(C(=O)N[C@H](C(=O)O)C(C)C)c(=O)n2c1C. The average Bonchev–Trinajstić information content (AvgIpc) is 2.71. The van der Waals surface area contributed by atoms with E-state index >= 15 is 0 Å². The van der Waals surface area contributed by atoms with Crippen molar-refractivity contribution in [2.24, 2.45) is 5.92 Å². The van der Waals surface area contributed by atoms with Crippen molar-refractivity contribution in [3.8, 4) is 0 Å². The normalized spacial score (nSPS) is 12.6. The molecular formula is C14H17N3O4S. The van der Waals surface area contributed by atoms with Gasteiger partial charge < -0.3 is 10.4 Å². The summed E-state index contributed by atoms with van der Waals surface area (Å²) in [4.78, 5) is 41.4. The van der Waals surface area contributed by atoms with Crippen LogP contribution in [0.4, 0.5) is 0 Å². The van der Waals surface area contributed by atoms with Gasteiger partial charge in [0.15, 0.2) is 4.96 Å². The van der Waals surface area contributed by atoms with Crippen LogP contribution in [0.25, 0.3) is 4.96 Å². The Hall–Kier alpha value is -2.22. The smallest absolute Gasteiger partial charge is 0.326 e. The second-order valence-corrected chi connectivity index (χ2v) is 6.55. The maximum absolute atomic E-state index is 12.4. The van der Waals surface area contributed by atoms with Crippen LogP contribution in [0, 0.1) is 19.8 Å². The average molecular weight is 323 g/mol. The van der Waals surface area contributed by atoms with Gasteiger partial charge in [0, 0.05) is 16.8 Å².